The summed E-state index contributed by atoms with van der Waals surface area (Å²) in [7, 11) is 0. The molecule has 1 spiro atoms. The van der Waals surface area contributed by atoms with Crippen LogP contribution in [-0.2, 0) is 16.1 Å². The number of carbonyl (C=O) groups excluding carboxylic acids is 1. The lowest BCUT2D eigenvalue weighted by atomic mass is 9.61. The van der Waals surface area contributed by atoms with Crippen molar-refractivity contribution in [2.45, 2.75) is 38.7 Å². The Labute approximate surface area is 113 Å². The van der Waals surface area contributed by atoms with E-state index in [0.29, 0.717) is 12.0 Å². The summed E-state index contributed by atoms with van der Waals surface area (Å²) in [5.74, 6) is 0.932. The van der Waals surface area contributed by atoms with Crippen molar-refractivity contribution in [1.82, 2.24) is 0 Å². The van der Waals surface area contributed by atoms with E-state index >= 15 is 0 Å². The average molecular weight is 260 g/mol. The van der Waals surface area contributed by atoms with Crippen LogP contribution in [0.3, 0.4) is 0 Å². The van der Waals surface area contributed by atoms with Crippen LogP contribution in [0.15, 0.2) is 30.3 Å². The van der Waals surface area contributed by atoms with Gasteiger partial charge in [0.15, 0.2) is 0 Å². The van der Waals surface area contributed by atoms with Crippen molar-refractivity contribution in [3.8, 4) is 0 Å². The Morgan fingerprint density at radius 1 is 1.21 bits per heavy atom. The summed E-state index contributed by atoms with van der Waals surface area (Å²) >= 11 is 0. The largest absolute Gasteiger partial charge is 0.460 e. The molecule has 0 radical (unpaired) electrons. The van der Waals surface area contributed by atoms with E-state index in [1.54, 1.807) is 0 Å². The van der Waals surface area contributed by atoms with Crippen molar-refractivity contribution < 1.29 is 15.0 Å². The van der Waals surface area contributed by atoms with Crippen LogP contribution >= 0.6 is 0 Å². The highest BCUT2D eigenvalue weighted by atomic mass is 16.5. The quantitative estimate of drug-likeness (QED) is 0.784. The highest BCUT2D eigenvalue weighted by Gasteiger charge is 2.80. The molecule has 0 saturated heterocycles. The average Bonchev–Trinajstić information content (AvgIpc) is 2.84. The highest BCUT2D eigenvalue weighted by molar-refractivity contribution is 5.81. The molecule has 3 heteroatoms. The topological polar surface area (TPSA) is 57.8 Å². The van der Waals surface area contributed by atoms with Gasteiger partial charge in [-0.15, -0.1) is 0 Å². The van der Waals surface area contributed by atoms with Gasteiger partial charge in [-0.05, 0) is 42.6 Å². The molecule has 0 amide bonds. The van der Waals surface area contributed by atoms with Crippen molar-refractivity contribution in [2.24, 2.45) is 16.7 Å². The van der Waals surface area contributed by atoms with Gasteiger partial charge in [-0.1, -0.05) is 36.8 Å². The Hall–Kier alpha value is -1.35. The fourth-order valence-corrected chi connectivity index (χ4v) is 4.58. The van der Waals surface area contributed by atoms with E-state index in [9.17, 15) is 4.79 Å². The zero-order valence-electron chi connectivity index (χ0n) is 11.0. The molecule has 3 nitrogen and oxygen atoms in total. The van der Waals surface area contributed by atoms with Crippen LogP contribution in [0.4, 0.5) is 0 Å². The summed E-state index contributed by atoms with van der Waals surface area (Å²) in [5.41, 5.74) is 1.40. The van der Waals surface area contributed by atoms with Gasteiger partial charge in [-0.2, -0.15) is 0 Å². The summed E-state index contributed by atoms with van der Waals surface area (Å²) in [5, 5.41) is 0. The molecule has 3 atom stereocenters. The fourth-order valence-electron chi connectivity index (χ4n) is 4.58. The van der Waals surface area contributed by atoms with Gasteiger partial charge in [0.25, 0.3) is 0 Å². The number of carbonyl (C=O) groups is 1. The third kappa shape index (κ3) is 1.51. The van der Waals surface area contributed by atoms with Crippen LogP contribution in [0.25, 0.3) is 0 Å². The van der Waals surface area contributed by atoms with Gasteiger partial charge in [0.2, 0.25) is 0 Å². The van der Waals surface area contributed by atoms with Crippen molar-refractivity contribution >= 4 is 5.97 Å². The smallest absolute Gasteiger partial charge is 0.312 e. The Balaban J connectivity index is 0.00000110. The van der Waals surface area contributed by atoms with Gasteiger partial charge in [0, 0.05) is 0 Å². The lowest BCUT2D eigenvalue weighted by molar-refractivity contribution is -0.168. The molecule has 3 aliphatic carbocycles. The van der Waals surface area contributed by atoms with Crippen molar-refractivity contribution in [1.29, 1.82) is 0 Å². The SMILES string of the molecule is O.O=C(OCc1ccccc1)C12CCCC13CC3C2. The summed E-state index contributed by atoms with van der Waals surface area (Å²) in [4.78, 5) is 12.4. The van der Waals surface area contributed by atoms with E-state index in [1.807, 2.05) is 30.3 Å². The zero-order chi connectivity index (χ0) is 12.2. The summed E-state index contributed by atoms with van der Waals surface area (Å²) in [6.45, 7) is 0.433. The Morgan fingerprint density at radius 3 is 2.68 bits per heavy atom. The van der Waals surface area contributed by atoms with E-state index in [0.717, 1.165) is 24.3 Å². The second kappa shape index (κ2) is 4.07. The number of ether oxygens (including phenoxy) is 1. The second-order valence-electron chi connectivity index (χ2n) is 6.26. The van der Waals surface area contributed by atoms with E-state index in [2.05, 4.69) is 0 Å². The first-order chi connectivity index (χ1) is 8.77. The monoisotopic (exact) mass is 260 g/mol. The van der Waals surface area contributed by atoms with Crippen LogP contribution < -0.4 is 0 Å². The van der Waals surface area contributed by atoms with Crippen LogP contribution in [0.1, 0.15) is 37.7 Å². The molecule has 3 unspecified atom stereocenters. The van der Waals surface area contributed by atoms with Gasteiger partial charge < -0.3 is 10.2 Å². The molecule has 3 aliphatic rings. The maximum absolute atomic E-state index is 12.4. The third-order valence-electron chi connectivity index (χ3n) is 5.61. The minimum atomic E-state index is -0.0769. The highest BCUT2D eigenvalue weighted by Crippen LogP contribution is 2.84. The van der Waals surface area contributed by atoms with E-state index in [1.165, 1.54) is 19.3 Å². The molecule has 2 N–H and O–H groups in total. The van der Waals surface area contributed by atoms with Gasteiger partial charge in [-0.3, -0.25) is 4.79 Å². The molecule has 19 heavy (non-hydrogen) atoms. The molecule has 0 bridgehead atoms. The first-order valence-corrected chi connectivity index (χ1v) is 6.98. The zero-order valence-corrected chi connectivity index (χ0v) is 11.0. The predicted molar refractivity (Wildman–Crippen MR) is 71.3 cm³/mol. The minimum absolute atomic E-state index is 0. The molecule has 0 aromatic heterocycles. The van der Waals surface area contributed by atoms with Gasteiger partial charge in [0.05, 0.1) is 5.41 Å². The number of hydrogen-bond acceptors (Lipinski definition) is 2. The first kappa shape index (κ1) is 12.7. The first-order valence-electron chi connectivity index (χ1n) is 6.98. The van der Waals surface area contributed by atoms with Crippen molar-refractivity contribution in [3.63, 3.8) is 0 Å². The molecule has 3 saturated carbocycles. The molecule has 102 valence electrons. The molecular formula is C16H20O3. The molecule has 0 heterocycles. The molecule has 4 rings (SSSR count). The van der Waals surface area contributed by atoms with Gasteiger partial charge in [-0.25, -0.2) is 0 Å². The van der Waals surface area contributed by atoms with Crippen LogP contribution in [0.2, 0.25) is 0 Å². The normalized spacial score (nSPS) is 37.4. The lowest BCUT2D eigenvalue weighted by Crippen LogP contribution is -2.45. The standard InChI is InChI=1S/C16H18O2.H2O/c17-14(18-11-12-5-2-1-3-6-12)16-8-4-7-15(16)9-13(15)10-16;/h1-3,5-6,13H,4,7-11H2;1H2. The number of benzene rings is 1. The third-order valence-corrected chi connectivity index (χ3v) is 5.61. The van der Waals surface area contributed by atoms with E-state index in [-0.39, 0.29) is 16.9 Å². The van der Waals surface area contributed by atoms with E-state index < -0.39 is 0 Å². The van der Waals surface area contributed by atoms with Crippen molar-refractivity contribution in [3.05, 3.63) is 35.9 Å². The van der Waals surface area contributed by atoms with Crippen LogP contribution in [0, 0.1) is 16.7 Å². The number of rotatable bonds is 3. The Kier molecular flexibility index (Phi) is 2.72. The molecule has 3 fully saturated rings. The van der Waals surface area contributed by atoms with Crippen molar-refractivity contribution in [2.75, 3.05) is 0 Å². The maximum atomic E-state index is 12.4. The second-order valence-corrected chi connectivity index (χ2v) is 6.26. The lowest BCUT2D eigenvalue weighted by Gasteiger charge is -2.42. The number of esters is 1. The van der Waals surface area contributed by atoms with Crippen LogP contribution in [-0.4, -0.2) is 11.4 Å². The molecule has 1 aromatic carbocycles. The fraction of sp³-hybridized carbons (Fsp3) is 0.562. The summed E-state index contributed by atoms with van der Waals surface area (Å²) < 4.78 is 5.59. The molecule has 0 aliphatic heterocycles. The summed E-state index contributed by atoms with van der Waals surface area (Å²) in [6.07, 6.45) is 5.93. The molecule has 1 aromatic rings. The van der Waals surface area contributed by atoms with Gasteiger partial charge >= 0.3 is 5.97 Å². The predicted octanol–water partition coefficient (Wildman–Crippen LogP) is 2.49. The minimum Gasteiger partial charge on any atom is -0.460 e. The molecular weight excluding hydrogens is 240 g/mol. The maximum Gasteiger partial charge on any atom is 0.312 e. The van der Waals surface area contributed by atoms with E-state index in [4.69, 9.17) is 4.74 Å². The summed E-state index contributed by atoms with van der Waals surface area (Å²) in [6, 6.07) is 9.97. The van der Waals surface area contributed by atoms with Crippen LogP contribution in [0.5, 0.6) is 0 Å². The Bertz CT molecular complexity index is 494. The van der Waals surface area contributed by atoms with Gasteiger partial charge in [0.1, 0.15) is 6.61 Å². The number of hydrogen-bond donors (Lipinski definition) is 0. The Morgan fingerprint density at radius 2 is 2.00 bits per heavy atom.